The van der Waals surface area contributed by atoms with Crippen LogP contribution in [-0.4, -0.2) is 32.0 Å². The zero-order chi connectivity index (χ0) is 14.6. The number of pyridine rings is 1. The molecule has 1 aliphatic carbocycles. The molecular weight excluding hydrogens is 281 g/mol. The normalized spacial score (nSPS) is 23.7. The molecule has 0 aliphatic heterocycles. The molecule has 0 radical (unpaired) electrons. The van der Waals surface area contributed by atoms with Crippen molar-refractivity contribution in [1.29, 1.82) is 0 Å². The Hall–Kier alpha value is -1.05. The van der Waals surface area contributed by atoms with Crippen LogP contribution in [0.1, 0.15) is 32.6 Å². The maximum absolute atomic E-state index is 13.0. The van der Waals surface area contributed by atoms with E-state index in [9.17, 15) is 12.8 Å². The summed E-state index contributed by atoms with van der Waals surface area (Å²) in [5, 5.41) is 3.37. The molecule has 1 saturated carbocycles. The van der Waals surface area contributed by atoms with Crippen LogP contribution in [0.3, 0.4) is 0 Å². The number of halogens is 1. The minimum Gasteiger partial charge on any atom is -0.314 e. The van der Waals surface area contributed by atoms with Gasteiger partial charge in [-0.05, 0) is 38.3 Å². The number of hydrogen-bond acceptors (Lipinski definition) is 4. The highest BCUT2D eigenvalue weighted by Gasteiger charge is 2.25. The molecule has 7 heteroatoms. The van der Waals surface area contributed by atoms with Gasteiger partial charge in [-0.15, -0.1) is 0 Å². The molecule has 1 aromatic rings. The Bertz CT molecular complexity index is 542. The van der Waals surface area contributed by atoms with Crippen LogP contribution in [0.15, 0.2) is 23.4 Å². The molecule has 1 fully saturated rings. The van der Waals surface area contributed by atoms with Crippen molar-refractivity contribution in [2.45, 2.75) is 49.6 Å². The molecule has 0 aromatic carbocycles. The Morgan fingerprint density at radius 3 is 2.50 bits per heavy atom. The van der Waals surface area contributed by atoms with Gasteiger partial charge >= 0.3 is 0 Å². The first-order valence-electron chi connectivity index (χ1n) is 6.87. The summed E-state index contributed by atoms with van der Waals surface area (Å²) in [5.41, 5.74) is 0. The molecular formula is C13H20FN3O2S. The summed E-state index contributed by atoms with van der Waals surface area (Å²) in [4.78, 5) is 3.46. The Labute approximate surface area is 119 Å². The van der Waals surface area contributed by atoms with Crippen molar-refractivity contribution in [3.05, 3.63) is 24.3 Å². The van der Waals surface area contributed by atoms with Crippen molar-refractivity contribution < 1.29 is 12.8 Å². The average Bonchev–Trinajstić information content (AvgIpc) is 2.41. The second kappa shape index (κ2) is 6.60. The van der Waals surface area contributed by atoms with Crippen LogP contribution in [0.4, 0.5) is 4.39 Å². The summed E-state index contributed by atoms with van der Waals surface area (Å²) in [5.74, 6) is -0.649. The molecule has 5 nitrogen and oxygen atoms in total. The van der Waals surface area contributed by atoms with Gasteiger partial charge in [0.2, 0.25) is 10.0 Å². The first-order valence-corrected chi connectivity index (χ1v) is 8.36. The second-order valence-corrected chi connectivity index (χ2v) is 6.78. The fourth-order valence-corrected chi connectivity index (χ4v) is 3.81. The lowest BCUT2D eigenvalue weighted by Crippen LogP contribution is -2.42. The first-order chi connectivity index (χ1) is 9.51. The third kappa shape index (κ3) is 3.97. The van der Waals surface area contributed by atoms with E-state index in [-0.39, 0.29) is 10.9 Å². The lowest BCUT2D eigenvalue weighted by Gasteiger charge is -2.29. The molecule has 20 heavy (non-hydrogen) atoms. The topological polar surface area (TPSA) is 71.1 Å². The van der Waals surface area contributed by atoms with E-state index in [0.29, 0.717) is 6.04 Å². The van der Waals surface area contributed by atoms with Crippen LogP contribution in [-0.2, 0) is 10.0 Å². The Morgan fingerprint density at radius 1 is 1.25 bits per heavy atom. The smallest absolute Gasteiger partial charge is 0.242 e. The fourth-order valence-electron chi connectivity index (χ4n) is 2.53. The molecule has 1 aliphatic rings. The standard InChI is InChI=1S/C13H20FN3O2S/c1-2-16-11-3-5-12(6-4-11)17-20(18,19)13-7-10(14)8-15-9-13/h7-9,11-12,16-17H,2-6H2,1H3. The van der Waals surface area contributed by atoms with Crippen LogP contribution >= 0.6 is 0 Å². The van der Waals surface area contributed by atoms with Crippen molar-refractivity contribution in [1.82, 2.24) is 15.0 Å². The zero-order valence-corrected chi connectivity index (χ0v) is 12.3. The van der Waals surface area contributed by atoms with Gasteiger partial charge in [-0.25, -0.2) is 17.5 Å². The monoisotopic (exact) mass is 301 g/mol. The highest BCUT2D eigenvalue weighted by atomic mass is 32.2. The largest absolute Gasteiger partial charge is 0.314 e. The summed E-state index contributed by atoms with van der Waals surface area (Å²) in [6.45, 7) is 2.99. The van der Waals surface area contributed by atoms with Crippen molar-refractivity contribution in [2.24, 2.45) is 0 Å². The van der Waals surface area contributed by atoms with E-state index >= 15 is 0 Å². The molecule has 1 heterocycles. The van der Waals surface area contributed by atoms with Gasteiger partial charge in [0.1, 0.15) is 10.7 Å². The predicted molar refractivity (Wildman–Crippen MR) is 74.2 cm³/mol. The Morgan fingerprint density at radius 2 is 1.90 bits per heavy atom. The second-order valence-electron chi connectivity index (χ2n) is 5.07. The number of nitrogens with zero attached hydrogens (tertiary/aromatic N) is 1. The van der Waals surface area contributed by atoms with Gasteiger partial charge in [0, 0.05) is 18.3 Å². The molecule has 0 saturated heterocycles. The Balaban J connectivity index is 1.96. The van der Waals surface area contributed by atoms with Gasteiger partial charge in [-0.2, -0.15) is 0 Å². The maximum atomic E-state index is 13.0. The number of hydrogen-bond donors (Lipinski definition) is 2. The van der Waals surface area contributed by atoms with E-state index in [4.69, 9.17) is 0 Å². The third-order valence-electron chi connectivity index (χ3n) is 3.53. The van der Waals surface area contributed by atoms with Gasteiger partial charge in [0.15, 0.2) is 0 Å². The van der Waals surface area contributed by atoms with Gasteiger partial charge in [-0.1, -0.05) is 6.92 Å². The van der Waals surface area contributed by atoms with E-state index < -0.39 is 15.8 Å². The number of aromatic nitrogens is 1. The van der Waals surface area contributed by atoms with Crippen LogP contribution in [0.5, 0.6) is 0 Å². The van der Waals surface area contributed by atoms with E-state index in [1.54, 1.807) is 0 Å². The third-order valence-corrected chi connectivity index (χ3v) is 5.02. The van der Waals surface area contributed by atoms with Gasteiger partial charge < -0.3 is 5.32 Å². The maximum Gasteiger partial charge on any atom is 0.242 e. The molecule has 0 amide bonds. The van der Waals surface area contributed by atoms with Crippen LogP contribution in [0.2, 0.25) is 0 Å². The van der Waals surface area contributed by atoms with Gasteiger partial charge in [0.05, 0.1) is 6.20 Å². The van der Waals surface area contributed by atoms with Crippen molar-refractivity contribution in [3.63, 3.8) is 0 Å². The summed E-state index contributed by atoms with van der Waals surface area (Å²) < 4.78 is 39.9. The van der Waals surface area contributed by atoms with Crippen LogP contribution < -0.4 is 10.0 Å². The Kier molecular flexibility index (Phi) is 5.06. The SMILES string of the molecule is CCNC1CCC(NS(=O)(=O)c2cncc(F)c2)CC1. The molecule has 2 rings (SSSR count). The lowest BCUT2D eigenvalue weighted by atomic mass is 9.92. The molecule has 1 aromatic heterocycles. The molecule has 0 bridgehead atoms. The van der Waals surface area contributed by atoms with Crippen molar-refractivity contribution in [3.8, 4) is 0 Å². The van der Waals surface area contributed by atoms with Crippen molar-refractivity contribution >= 4 is 10.0 Å². The van der Waals surface area contributed by atoms with Gasteiger partial charge in [0.25, 0.3) is 0 Å². The number of rotatable bonds is 5. The summed E-state index contributed by atoms with van der Waals surface area (Å²) in [7, 11) is -3.69. The predicted octanol–water partition coefficient (Wildman–Crippen LogP) is 1.42. The van der Waals surface area contributed by atoms with E-state index in [1.807, 2.05) is 0 Å². The number of sulfonamides is 1. The van der Waals surface area contributed by atoms with Crippen LogP contribution in [0, 0.1) is 5.82 Å². The van der Waals surface area contributed by atoms with E-state index in [2.05, 4.69) is 21.9 Å². The lowest BCUT2D eigenvalue weighted by molar-refractivity contribution is 0.333. The minimum atomic E-state index is -3.69. The molecule has 0 atom stereocenters. The highest BCUT2D eigenvalue weighted by Crippen LogP contribution is 2.20. The van der Waals surface area contributed by atoms with E-state index in [0.717, 1.165) is 50.7 Å². The average molecular weight is 301 g/mol. The summed E-state index contributed by atoms with van der Waals surface area (Å²) >= 11 is 0. The highest BCUT2D eigenvalue weighted by molar-refractivity contribution is 7.89. The minimum absolute atomic E-state index is 0.0850. The van der Waals surface area contributed by atoms with Crippen LogP contribution in [0.25, 0.3) is 0 Å². The fraction of sp³-hybridized carbons (Fsp3) is 0.615. The van der Waals surface area contributed by atoms with Gasteiger partial charge in [-0.3, -0.25) is 4.98 Å². The molecule has 2 N–H and O–H groups in total. The zero-order valence-electron chi connectivity index (χ0n) is 11.5. The molecule has 0 unspecified atom stereocenters. The van der Waals surface area contributed by atoms with Crippen molar-refractivity contribution in [2.75, 3.05) is 6.54 Å². The quantitative estimate of drug-likeness (QED) is 0.863. The summed E-state index contributed by atoms with van der Waals surface area (Å²) in [6, 6.07) is 1.37. The molecule has 112 valence electrons. The van der Waals surface area contributed by atoms with E-state index in [1.165, 1.54) is 0 Å². The molecule has 0 spiro atoms. The number of nitrogens with one attached hydrogen (secondary N) is 2. The first kappa shape index (κ1) is 15.3. The summed E-state index contributed by atoms with van der Waals surface area (Å²) in [6.07, 6.45) is 5.63.